The van der Waals surface area contributed by atoms with Crippen molar-refractivity contribution in [1.29, 1.82) is 0 Å². The third kappa shape index (κ3) is 12.3. The van der Waals surface area contributed by atoms with Crippen molar-refractivity contribution in [3.8, 4) is 0 Å². The van der Waals surface area contributed by atoms with Crippen molar-refractivity contribution in [2.45, 2.75) is 12.2 Å². The molecule has 208 valence electrons. The highest BCUT2D eigenvalue weighted by atomic mass is 16.6. The highest BCUT2D eigenvalue weighted by molar-refractivity contribution is 5.92. The number of nitrogens with zero attached hydrogens (tertiary/aromatic N) is 2. The molecule has 0 atom stereocenters. The van der Waals surface area contributed by atoms with Crippen molar-refractivity contribution < 1.29 is 38.0 Å². The first kappa shape index (κ1) is 31.0. The Labute approximate surface area is 222 Å². The number of benzene rings is 2. The molecule has 0 radical (unpaired) electrons. The van der Waals surface area contributed by atoms with Gasteiger partial charge >= 0.3 is 0 Å². The summed E-state index contributed by atoms with van der Waals surface area (Å²) in [4.78, 5) is 24.3. The maximum Gasteiger partial charge on any atom is 0.250 e. The summed E-state index contributed by atoms with van der Waals surface area (Å²) < 4.78 is 31.2. The molecule has 0 aliphatic heterocycles. The number of azo groups is 1. The molecule has 0 bridgehead atoms. The normalized spacial score (nSPS) is 11.4. The minimum Gasteiger partial charge on any atom is -0.382 e. The Kier molecular flexibility index (Phi) is 14.7. The molecule has 2 N–H and O–H groups in total. The van der Waals surface area contributed by atoms with E-state index in [0.29, 0.717) is 49.2 Å². The number of methoxy groups -OCH3 is 4. The van der Waals surface area contributed by atoms with E-state index in [2.05, 4.69) is 20.9 Å². The van der Waals surface area contributed by atoms with Gasteiger partial charge in [-0.1, -0.05) is 0 Å². The molecular weight excluding hydrogens is 496 g/mol. The second-order valence-electron chi connectivity index (χ2n) is 8.08. The van der Waals surface area contributed by atoms with Crippen LogP contribution in [-0.2, 0) is 38.0 Å². The van der Waals surface area contributed by atoms with Crippen LogP contribution in [0.1, 0.15) is 0 Å². The van der Waals surface area contributed by atoms with Gasteiger partial charge in [-0.05, 0) is 48.5 Å². The zero-order valence-electron chi connectivity index (χ0n) is 22.2. The fourth-order valence-corrected chi connectivity index (χ4v) is 3.15. The zero-order chi connectivity index (χ0) is 27.6. The maximum atomic E-state index is 12.1. The van der Waals surface area contributed by atoms with Gasteiger partial charge in [0.2, 0.25) is 11.8 Å². The summed E-state index contributed by atoms with van der Waals surface area (Å²) in [6, 6.07) is 13.8. The summed E-state index contributed by atoms with van der Waals surface area (Å²) in [6.07, 6.45) is -0.643. The van der Waals surface area contributed by atoms with Gasteiger partial charge in [-0.2, -0.15) is 10.2 Å². The van der Waals surface area contributed by atoms with Crippen LogP contribution in [0.4, 0.5) is 22.7 Å². The monoisotopic (exact) mass is 532 g/mol. The predicted octanol–water partition coefficient (Wildman–Crippen LogP) is 3.34. The van der Waals surface area contributed by atoms with E-state index >= 15 is 0 Å². The summed E-state index contributed by atoms with van der Waals surface area (Å²) in [5, 5.41) is 13.9. The van der Waals surface area contributed by atoms with Gasteiger partial charge < -0.3 is 39.1 Å². The lowest BCUT2D eigenvalue weighted by molar-refractivity contribution is -0.126. The van der Waals surface area contributed by atoms with Crippen LogP contribution in [0.15, 0.2) is 58.8 Å². The summed E-state index contributed by atoms with van der Waals surface area (Å²) in [6.45, 7) is 1.08. The van der Waals surface area contributed by atoms with Gasteiger partial charge in [0.1, 0.15) is 25.4 Å². The molecule has 0 spiro atoms. The molecule has 12 nitrogen and oxygen atoms in total. The molecule has 0 saturated heterocycles. The first-order valence-corrected chi connectivity index (χ1v) is 11.9. The zero-order valence-corrected chi connectivity index (χ0v) is 22.2. The van der Waals surface area contributed by atoms with E-state index in [4.69, 9.17) is 28.4 Å². The van der Waals surface area contributed by atoms with Crippen molar-refractivity contribution in [3.63, 3.8) is 0 Å². The van der Waals surface area contributed by atoms with Crippen LogP contribution >= 0.6 is 0 Å². The number of anilines is 2. The molecule has 2 amide bonds. The average molecular weight is 533 g/mol. The third-order valence-electron chi connectivity index (χ3n) is 4.89. The summed E-state index contributed by atoms with van der Waals surface area (Å²) in [5.74, 6) is -0.583. The van der Waals surface area contributed by atoms with Crippen LogP contribution in [0.25, 0.3) is 0 Å². The lowest BCUT2D eigenvalue weighted by Crippen LogP contribution is -2.29. The van der Waals surface area contributed by atoms with Gasteiger partial charge in [-0.25, -0.2) is 0 Å². The molecule has 2 rings (SSSR count). The molecule has 38 heavy (non-hydrogen) atoms. The van der Waals surface area contributed by atoms with Crippen LogP contribution < -0.4 is 10.6 Å². The van der Waals surface area contributed by atoms with Crippen molar-refractivity contribution >= 4 is 34.6 Å². The lowest BCUT2D eigenvalue weighted by Gasteiger charge is -2.15. The molecule has 0 aliphatic carbocycles. The lowest BCUT2D eigenvalue weighted by atomic mass is 10.3. The Balaban J connectivity index is 1.80. The van der Waals surface area contributed by atoms with E-state index in [0.717, 1.165) is 0 Å². The standard InChI is InChI=1S/C26H36N4O8/c1-33-13-23(14-34-2)37-17-25(31)27-19-5-9-21(10-6-19)29-30-22-11-7-20(8-12-22)28-26(32)18-38-24(15-35-3)16-36-4/h5-12,23-24H,13-18H2,1-4H3,(H,27,31)(H,28,32). The van der Waals surface area contributed by atoms with Crippen LogP contribution in [0, 0.1) is 0 Å². The number of hydrogen-bond acceptors (Lipinski definition) is 10. The average Bonchev–Trinajstić information content (AvgIpc) is 2.91. The SMILES string of the molecule is COCC(COC)OCC(=O)Nc1ccc(N=Nc2ccc(NC(=O)COC(COC)COC)cc2)cc1. The largest absolute Gasteiger partial charge is 0.382 e. The molecule has 0 fully saturated rings. The molecule has 0 heterocycles. The highest BCUT2D eigenvalue weighted by Gasteiger charge is 2.13. The van der Waals surface area contributed by atoms with E-state index in [1.807, 2.05) is 0 Å². The Morgan fingerprint density at radius 2 is 0.921 bits per heavy atom. The van der Waals surface area contributed by atoms with Gasteiger partial charge in [-0.15, -0.1) is 0 Å². The predicted molar refractivity (Wildman–Crippen MR) is 141 cm³/mol. The number of ether oxygens (including phenoxy) is 6. The smallest absolute Gasteiger partial charge is 0.250 e. The minimum absolute atomic E-state index is 0.121. The first-order valence-electron chi connectivity index (χ1n) is 11.9. The van der Waals surface area contributed by atoms with Crippen LogP contribution in [0.3, 0.4) is 0 Å². The number of rotatable bonds is 18. The highest BCUT2D eigenvalue weighted by Crippen LogP contribution is 2.22. The van der Waals surface area contributed by atoms with E-state index in [9.17, 15) is 9.59 Å². The number of nitrogens with one attached hydrogen (secondary N) is 2. The molecular formula is C26H36N4O8. The summed E-state index contributed by atoms with van der Waals surface area (Å²) in [7, 11) is 6.23. The molecule has 0 aliphatic rings. The van der Waals surface area contributed by atoms with Gasteiger partial charge in [0.25, 0.3) is 0 Å². The summed E-state index contributed by atoms with van der Waals surface area (Å²) >= 11 is 0. The minimum atomic E-state index is -0.321. The molecule has 0 unspecified atom stereocenters. The van der Waals surface area contributed by atoms with E-state index < -0.39 is 0 Å². The number of hydrogen-bond donors (Lipinski definition) is 2. The molecule has 0 saturated carbocycles. The van der Waals surface area contributed by atoms with Crippen molar-refractivity contribution in [2.75, 3.05) is 78.7 Å². The fourth-order valence-electron chi connectivity index (χ4n) is 3.15. The van der Waals surface area contributed by atoms with Gasteiger partial charge in [-0.3, -0.25) is 9.59 Å². The Bertz CT molecular complexity index is 894. The summed E-state index contributed by atoms with van der Waals surface area (Å²) in [5.41, 5.74) is 2.42. The van der Waals surface area contributed by atoms with Gasteiger partial charge in [0.15, 0.2) is 0 Å². The van der Waals surface area contributed by atoms with Crippen molar-refractivity contribution in [1.82, 2.24) is 0 Å². The van der Waals surface area contributed by atoms with Crippen molar-refractivity contribution in [2.24, 2.45) is 10.2 Å². The van der Waals surface area contributed by atoms with E-state index in [1.54, 1.807) is 77.0 Å². The van der Waals surface area contributed by atoms with E-state index in [-0.39, 0.29) is 37.2 Å². The number of carbonyl (C=O) groups excluding carboxylic acids is 2. The Morgan fingerprint density at radius 3 is 1.21 bits per heavy atom. The van der Waals surface area contributed by atoms with Crippen molar-refractivity contribution in [3.05, 3.63) is 48.5 Å². The fraction of sp³-hybridized carbons (Fsp3) is 0.462. The third-order valence-corrected chi connectivity index (χ3v) is 4.89. The number of amides is 2. The second-order valence-corrected chi connectivity index (χ2v) is 8.08. The van der Waals surface area contributed by atoms with Crippen LogP contribution in [-0.4, -0.2) is 92.1 Å². The second kappa shape index (κ2) is 18.1. The Morgan fingerprint density at radius 1 is 0.605 bits per heavy atom. The van der Waals surface area contributed by atoms with Gasteiger partial charge in [0.05, 0.1) is 37.8 Å². The Hall–Kier alpha value is -3.26. The van der Waals surface area contributed by atoms with Gasteiger partial charge in [0, 0.05) is 39.8 Å². The molecule has 12 heteroatoms. The van der Waals surface area contributed by atoms with Crippen LogP contribution in [0.5, 0.6) is 0 Å². The first-order chi connectivity index (χ1) is 18.5. The molecule has 0 aromatic heterocycles. The maximum absolute atomic E-state index is 12.1. The molecule has 2 aromatic rings. The van der Waals surface area contributed by atoms with Crippen LogP contribution in [0.2, 0.25) is 0 Å². The quantitative estimate of drug-likeness (QED) is 0.279. The molecule has 2 aromatic carbocycles. The van der Waals surface area contributed by atoms with E-state index in [1.165, 1.54) is 0 Å². The topological polar surface area (TPSA) is 138 Å². The number of carbonyl (C=O) groups is 2.